The molecular weight excluding hydrogens is 126 g/mol. The van der Waals surface area contributed by atoms with Gasteiger partial charge in [-0.25, -0.2) is 0 Å². The van der Waals surface area contributed by atoms with E-state index in [1.54, 1.807) is 6.26 Å². The highest BCUT2D eigenvalue weighted by Crippen LogP contribution is 1.97. The third-order valence-corrected chi connectivity index (χ3v) is 1.30. The fourth-order valence-corrected chi connectivity index (χ4v) is 0.789. The lowest BCUT2D eigenvalue weighted by atomic mass is 10.4. The molecule has 0 saturated carbocycles. The van der Waals surface area contributed by atoms with E-state index in [2.05, 4.69) is 12.2 Å². The van der Waals surface area contributed by atoms with Crippen molar-refractivity contribution in [2.45, 2.75) is 19.6 Å². The first kappa shape index (κ1) is 7.35. The summed E-state index contributed by atoms with van der Waals surface area (Å²) in [5.74, 6) is 0. The zero-order chi connectivity index (χ0) is 7.23. The lowest BCUT2D eigenvalue weighted by Gasteiger charge is -2.15. The van der Waals surface area contributed by atoms with Crippen molar-refractivity contribution in [1.82, 2.24) is 5.32 Å². The maximum Gasteiger partial charge on any atom is 0.168 e. The molecule has 2 nitrogen and oxygen atoms in total. The zero-order valence-electron chi connectivity index (χ0n) is 6.21. The third kappa shape index (κ3) is 2.23. The molecule has 1 heterocycles. The predicted molar refractivity (Wildman–Crippen MR) is 41.4 cm³/mol. The van der Waals surface area contributed by atoms with Crippen molar-refractivity contribution >= 4 is 0 Å². The number of rotatable bonds is 3. The first-order valence-electron chi connectivity index (χ1n) is 3.65. The minimum atomic E-state index is 0.0879. The Morgan fingerprint density at radius 1 is 1.50 bits per heavy atom. The molecule has 0 aromatic rings. The molecule has 1 unspecified atom stereocenters. The second kappa shape index (κ2) is 4.12. The van der Waals surface area contributed by atoms with Gasteiger partial charge in [0, 0.05) is 0 Å². The summed E-state index contributed by atoms with van der Waals surface area (Å²) in [4.78, 5) is 0. The number of nitrogens with one attached hydrogen (secondary N) is 1. The molecular formula is C8H13NO. The fourth-order valence-electron chi connectivity index (χ4n) is 0.789. The molecule has 1 aliphatic rings. The second-order valence-electron chi connectivity index (χ2n) is 2.22. The lowest BCUT2D eigenvalue weighted by molar-refractivity contribution is 0.151. The minimum absolute atomic E-state index is 0.0879. The third-order valence-electron chi connectivity index (χ3n) is 1.30. The minimum Gasteiger partial charge on any atom is -0.479 e. The highest BCUT2D eigenvalue weighted by molar-refractivity contribution is 5.06. The van der Waals surface area contributed by atoms with Crippen molar-refractivity contribution in [1.29, 1.82) is 0 Å². The molecule has 0 fully saturated rings. The number of hydrogen-bond acceptors (Lipinski definition) is 2. The largest absolute Gasteiger partial charge is 0.479 e. The number of ether oxygens (including phenoxy) is 1. The van der Waals surface area contributed by atoms with Crippen LogP contribution in [0.1, 0.15) is 13.3 Å². The van der Waals surface area contributed by atoms with Crippen LogP contribution >= 0.6 is 0 Å². The smallest absolute Gasteiger partial charge is 0.168 e. The van der Waals surface area contributed by atoms with Crippen LogP contribution in [0, 0.1) is 0 Å². The Morgan fingerprint density at radius 3 is 3.00 bits per heavy atom. The van der Waals surface area contributed by atoms with Crippen LogP contribution in [-0.2, 0) is 4.74 Å². The molecule has 1 aliphatic heterocycles. The summed E-state index contributed by atoms with van der Waals surface area (Å²) < 4.78 is 5.20. The topological polar surface area (TPSA) is 21.3 Å². The van der Waals surface area contributed by atoms with E-state index < -0.39 is 0 Å². The van der Waals surface area contributed by atoms with Gasteiger partial charge in [0.1, 0.15) is 0 Å². The summed E-state index contributed by atoms with van der Waals surface area (Å²) >= 11 is 0. The van der Waals surface area contributed by atoms with Crippen LogP contribution < -0.4 is 5.32 Å². The molecule has 0 amide bonds. The van der Waals surface area contributed by atoms with E-state index in [9.17, 15) is 0 Å². The van der Waals surface area contributed by atoms with Gasteiger partial charge >= 0.3 is 0 Å². The molecule has 1 rings (SSSR count). The number of hydrogen-bond donors (Lipinski definition) is 1. The molecule has 1 atom stereocenters. The van der Waals surface area contributed by atoms with Crippen LogP contribution in [0.4, 0.5) is 0 Å². The van der Waals surface area contributed by atoms with Gasteiger partial charge in [-0.1, -0.05) is 13.0 Å². The maximum atomic E-state index is 5.20. The molecule has 1 N–H and O–H groups in total. The van der Waals surface area contributed by atoms with Gasteiger partial charge in [0.25, 0.3) is 0 Å². The Hall–Kier alpha value is -0.760. The van der Waals surface area contributed by atoms with Gasteiger partial charge in [-0.15, -0.1) is 0 Å². The summed E-state index contributed by atoms with van der Waals surface area (Å²) in [7, 11) is 0. The van der Waals surface area contributed by atoms with E-state index in [4.69, 9.17) is 4.74 Å². The number of allylic oxidation sites excluding steroid dienone is 2. The summed E-state index contributed by atoms with van der Waals surface area (Å²) in [6.07, 6.45) is 8.78. The van der Waals surface area contributed by atoms with Gasteiger partial charge in [0.2, 0.25) is 0 Å². The van der Waals surface area contributed by atoms with E-state index in [1.165, 1.54) is 0 Å². The predicted octanol–water partition coefficient (Wildman–Crippen LogP) is 1.41. The maximum absolute atomic E-state index is 5.20. The quantitative estimate of drug-likeness (QED) is 0.638. The molecule has 10 heavy (non-hydrogen) atoms. The Morgan fingerprint density at radius 2 is 2.40 bits per heavy atom. The first-order valence-corrected chi connectivity index (χ1v) is 3.65. The standard InChI is InChI=1S/C8H13NO/c1-2-6-9-8-5-3-4-7-10-8/h3-5,7-9H,2,6H2,1H3. The van der Waals surface area contributed by atoms with Gasteiger partial charge in [0.15, 0.2) is 6.23 Å². The van der Waals surface area contributed by atoms with Crippen molar-refractivity contribution in [2.75, 3.05) is 6.54 Å². The summed E-state index contributed by atoms with van der Waals surface area (Å²) in [5.41, 5.74) is 0. The van der Waals surface area contributed by atoms with E-state index in [0.717, 1.165) is 13.0 Å². The average Bonchev–Trinajstić information content (AvgIpc) is 2.03. The normalized spacial score (nSPS) is 22.7. The molecule has 56 valence electrons. The van der Waals surface area contributed by atoms with Gasteiger partial charge in [-0.2, -0.15) is 0 Å². The van der Waals surface area contributed by atoms with Crippen LogP contribution in [0.2, 0.25) is 0 Å². The molecule has 0 radical (unpaired) electrons. The van der Waals surface area contributed by atoms with Gasteiger partial charge < -0.3 is 4.74 Å². The Balaban J connectivity index is 2.17. The second-order valence-corrected chi connectivity index (χ2v) is 2.22. The highest BCUT2D eigenvalue weighted by atomic mass is 16.5. The molecule has 0 bridgehead atoms. The SMILES string of the molecule is CCCNC1C=CC=CO1. The molecule has 0 saturated heterocycles. The summed E-state index contributed by atoms with van der Waals surface area (Å²) in [6, 6.07) is 0. The van der Waals surface area contributed by atoms with Gasteiger partial charge in [-0.05, 0) is 25.1 Å². The van der Waals surface area contributed by atoms with Crippen LogP contribution in [-0.4, -0.2) is 12.8 Å². The van der Waals surface area contributed by atoms with E-state index >= 15 is 0 Å². The van der Waals surface area contributed by atoms with Crippen molar-refractivity contribution in [3.05, 3.63) is 24.5 Å². The van der Waals surface area contributed by atoms with Crippen LogP contribution in [0.25, 0.3) is 0 Å². The summed E-state index contributed by atoms with van der Waals surface area (Å²) in [5, 5.41) is 3.21. The van der Waals surface area contributed by atoms with E-state index in [0.29, 0.717) is 0 Å². The zero-order valence-corrected chi connectivity index (χ0v) is 6.21. The Kier molecular flexibility index (Phi) is 3.03. The molecule has 0 aliphatic carbocycles. The average molecular weight is 139 g/mol. The molecule has 0 spiro atoms. The van der Waals surface area contributed by atoms with Crippen LogP contribution in [0.5, 0.6) is 0 Å². The Labute approximate surface area is 61.6 Å². The monoisotopic (exact) mass is 139 g/mol. The van der Waals surface area contributed by atoms with Crippen molar-refractivity contribution in [2.24, 2.45) is 0 Å². The highest BCUT2D eigenvalue weighted by Gasteiger charge is 2.01. The van der Waals surface area contributed by atoms with Crippen molar-refractivity contribution in [3.63, 3.8) is 0 Å². The first-order chi connectivity index (χ1) is 4.93. The fraction of sp³-hybridized carbons (Fsp3) is 0.500. The summed E-state index contributed by atoms with van der Waals surface area (Å²) in [6.45, 7) is 3.14. The Bertz CT molecular complexity index is 140. The molecule has 2 heteroatoms. The van der Waals surface area contributed by atoms with Crippen molar-refractivity contribution in [3.8, 4) is 0 Å². The van der Waals surface area contributed by atoms with Crippen LogP contribution in [0.15, 0.2) is 24.5 Å². The van der Waals surface area contributed by atoms with Gasteiger partial charge in [0.05, 0.1) is 6.26 Å². The van der Waals surface area contributed by atoms with Crippen LogP contribution in [0.3, 0.4) is 0 Å². The molecule has 0 aromatic carbocycles. The van der Waals surface area contributed by atoms with Gasteiger partial charge in [-0.3, -0.25) is 5.32 Å². The molecule has 0 aromatic heterocycles. The van der Waals surface area contributed by atoms with Crippen molar-refractivity contribution < 1.29 is 4.74 Å². The van der Waals surface area contributed by atoms with E-state index in [1.807, 2.05) is 18.2 Å². The lowest BCUT2D eigenvalue weighted by Crippen LogP contribution is -2.29. The van der Waals surface area contributed by atoms with E-state index in [-0.39, 0.29) is 6.23 Å².